The Bertz CT molecular complexity index is 1010. The predicted molar refractivity (Wildman–Crippen MR) is 126 cm³/mol. The van der Waals surface area contributed by atoms with Crippen LogP contribution in [-0.4, -0.2) is 16.9 Å². The highest BCUT2D eigenvalue weighted by atomic mass is 32.2. The molecule has 1 aliphatic rings. The van der Waals surface area contributed by atoms with Crippen molar-refractivity contribution in [3.05, 3.63) is 71.6 Å². The summed E-state index contributed by atoms with van der Waals surface area (Å²) in [5, 5.41) is 3.24. The quantitative estimate of drug-likeness (QED) is 0.450. The monoisotopic (exact) mass is 434 g/mol. The molecule has 3 aromatic rings. The van der Waals surface area contributed by atoms with Crippen LogP contribution in [0, 0.1) is 18.8 Å². The van der Waals surface area contributed by atoms with Crippen LogP contribution in [0.2, 0.25) is 0 Å². The molecule has 1 N–H and O–H groups in total. The number of aromatic nitrogens is 1. The van der Waals surface area contributed by atoms with E-state index >= 15 is 0 Å². The van der Waals surface area contributed by atoms with Crippen LogP contribution in [0.5, 0.6) is 0 Å². The molecule has 1 amide bonds. The Morgan fingerprint density at radius 1 is 1.10 bits per heavy atom. The number of nitrogens with one attached hydrogen (secondary N) is 1. The van der Waals surface area contributed by atoms with Gasteiger partial charge in [0.25, 0.3) is 5.91 Å². The first-order valence-electron chi connectivity index (χ1n) is 11.1. The first-order chi connectivity index (χ1) is 15.0. The van der Waals surface area contributed by atoms with Gasteiger partial charge in [0.1, 0.15) is 5.76 Å². The summed E-state index contributed by atoms with van der Waals surface area (Å²) in [5.41, 5.74) is 2.51. The van der Waals surface area contributed by atoms with Gasteiger partial charge < -0.3 is 9.73 Å². The third-order valence-corrected chi connectivity index (χ3v) is 7.45. The third kappa shape index (κ3) is 5.21. The van der Waals surface area contributed by atoms with Gasteiger partial charge >= 0.3 is 0 Å². The van der Waals surface area contributed by atoms with Gasteiger partial charge in [-0.15, -0.1) is 11.8 Å². The van der Waals surface area contributed by atoms with Crippen molar-refractivity contribution in [3.63, 3.8) is 0 Å². The van der Waals surface area contributed by atoms with Crippen LogP contribution in [0.3, 0.4) is 0 Å². The van der Waals surface area contributed by atoms with Crippen molar-refractivity contribution < 1.29 is 9.21 Å². The van der Waals surface area contributed by atoms with Crippen molar-refractivity contribution in [1.82, 2.24) is 10.3 Å². The first-order valence-corrected chi connectivity index (χ1v) is 12.1. The van der Waals surface area contributed by atoms with Crippen molar-refractivity contribution in [2.24, 2.45) is 11.8 Å². The maximum atomic E-state index is 12.7. The lowest BCUT2D eigenvalue weighted by Crippen LogP contribution is -2.43. The second kappa shape index (κ2) is 9.73. The topological polar surface area (TPSA) is 55.1 Å². The number of hydrogen-bond acceptors (Lipinski definition) is 4. The number of carbonyl (C=O) groups is 1. The number of benzene rings is 2. The van der Waals surface area contributed by atoms with Gasteiger partial charge in [0.2, 0.25) is 5.89 Å². The zero-order valence-electron chi connectivity index (χ0n) is 18.4. The van der Waals surface area contributed by atoms with Crippen molar-refractivity contribution in [2.75, 3.05) is 0 Å². The average molecular weight is 435 g/mol. The molecular formula is C26H30N2O2S. The second-order valence-corrected chi connectivity index (χ2v) is 9.60. The minimum absolute atomic E-state index is 0.000958. The summed E-state index contributed by atoms with van der Waals surface area (Å²) in [7, 11) is 0. The molecule has 0 aliphatic heterocycles. The highest BCUT2D eigenvalue weighted by Crippen LogP contribution is 2.30. The van der Waals surface area contributed by atoms with Crippen LogP contribution >= 0.6 is 11.8 Å². The number of thioether (sulfide) groups is 1. The molecule has 4 rings (SSSR count). The Morgan fingerprint density at radius 2 is 1.84 bits per heavy atom. The van der Waals surface area contributed by atoms with E-state index in [1.807, 2.05) is 49.4 Å². The number of aryl methyl sites for hydroxylation is 1. The fourth-order valence-corrected chi connectivity index (χ4v) is 5.08. The molecule has 0 saturated heterocycles. The van der Waals surface area contributed by atoms with Crippen LogP contribution < -0.4 is 5.32 Å². The fourth-order valence-electron chi connectivity index (χ4n) is 4.16. The minimum atomic E-state index is 0.000958. The van der Waals surface area contributed by atoms with Gasteiger partial charge in [0, 0.05) is 27.8 Å². The largest absolute Gasteiger partial charge is 0.441 e. The first kappa shape index (κ1) is 21.7. The molecule has 4 nitrogen and oxygen atoms in total. The summed E-state index contributed by atoms with van der Waals surface area (Å²) >= 11 is 1.74. The Labute approximate surface area is 188 Å². The number of amides is 1. The van der Waals surface area contributed by atoms with E-state index in [0.29, 0.717) is 23.3 Å². The summed E-state index contributed by atoms with van der Waals surface area (Å²) in [6.45, 7) is 6.48. The maximum absolute atomic E-state index is 12.7. The van der Waals surface area contributed by atoms with E-state index in [2.05, 4.69) is 31.3 Å². The van der Waals surface area contributed by atoms with E-state index in [0.717, 1.165) is 29.2 Å². The molecule has 1 aromatic heterocycles. The molecule has 31 heavy (non-hydrogen) atoms. The summed E-state index contributed by atoms with van der Waals surface area (Å²) in [5.74, 6) is 3.37. The van der Waals surface area contributed by atoms with Gasteiger partial charge in [0.05, 0.1) is 5.69 Å². The van der Waals surface area contributed by atoms with E-state index in [9.17, 15) is 4.79 Å². The van der Waals surface area contributed by atoms with E-state index < -0.39 is 0 Å². The molecule has 3 atom stereocenters. The van der Waals surface area contributed by atoms with Gasteiger partial charge in [-0.1, -0.05) is 44.9 Å². The molecule has 0 bridgehead atoms. The van der Waals surface area contributed by atoms with Crippen molar-refractivity contribution in [3.8, 4) is 11.5 Å². The maximum Gasteiger partial charge on any atom is 0.251 e. The zero-order chi connectivity index (χ0) is 21.8. The highest BCUT2D eigenvalue weighted by Gasteiger charge is 2.28. The zero-order valence-corrected chi connectivity index (χ0v) is 19.2. The van der Waals surface area contributed by atoms with E-state index in [1.165, 1.54) is 17.7 Å². The van der Waals surface area contributed by atoms with E-state index in [1.54, 1.807) is 11.8 Å². The lowest BCUT2D eigenvalue weighted by Gasteiger charge is -2.34. The minimum Gasteiger partial charge on any atom is -0.441 e. The van der Waals surface area contributed by atoms with Crippen LogP contribution in [0.15, 0.2) is 63.9 Å². The van der Waals surface area contributed by atoms with E-state index in [-0.39, 0.29) is 11.9 Å². The molecule has 1 fully saturated rings. The number of hydrogen-bond donors (Lipinski definition) is 1. The van der Waals surface area contributed by atoms with Gasteiger partial charge in [-0.3, -0.25) is 4.79 Å². The lowest BCUT2D eigenvalue weighted by molar-refractivity contribution is 0.0891. The van der Waals surface area contributed by atoms with Crippen molar-refractivity contribution >= 4 is 17.7 Å². The van der Waals surface area contributed by atoms with Gasteiger partial charge in [0.15, 0.2) is 0 Å². The molecule has 1 saturated carbocycles. The number of rotatable bonds is 6. The van der Waals surface area contributed by atoms with Gasteiger partial charge in [-0.25, -0.2) is 4.98 Å². The Kier molecular flexibility index (Phi) is 6.81. The van der Waals surface area contributed by atoms with Crippen molar-refractivity contribution in [2.45, 2.75) is 56.7 Å². The molecule has 0 radical (unpaired) electrons. The van der Waals surface area contributed by atoms with Crippen LogP contribution in [-0.2, 0) is 5.75 Å². The molecule has 162 valence electrons. The normalized spacial score (nSPS) is 21.1. The van der Waals surface area contributed by atoms with Crippen LogP contribution in [0.4, 0.5) is 0 Å². The average Bonchev–Trinajstić information content (AvgIpc) is 3.17. The Hall–Kier alpha value is -2.53. The highest BCUT2D eigenvalue weighted by molar-refractivity contribution is 7.98. The molecule has 0 spiro atoms. The molecule has 3 unspecified atom stereocenters. The lowest BCUT2D eigenvalue weighted by atomic mass is 9.78. The van der Waals surface area contributed by atoms with Crippen LogP contribution in [0.25, 0.3) is 11.5 Å². The number of nitrogens with zero attached hydrogens (tertiary/aromatic N) is 1. The van der Waals surface area contributed by atoms with Gasteiger partial charge in [-0.2, -0.15) is 0 Å². The molecular weight excluding hydrogens is 404 g/mol. The summed E-state index contributed by atoms with van der Waals surface area (Å²) in [6.07, 6.45) is 3.50. The fraction of sp³-hybridized carbons (Fsp3) is 0.385. The summed E-state index contributed by atoms with van der Waals surface area (Å²) < 4.78 is 5.91. The number of oxazole rings is 1. The van der Waals surface area contributed by atoms with E-state index in [4.69, 9.17) is 9.40 Å². The summed E-state index contributed by atoms with van der Waals surface area (Å²) in [6, 6.07) is 18.1. The Morgan fingerprint density at radius 3 is 2.58 bits per heavy atom. The second-order valence-electron chi connectivity index (χ2n) is 8.55. The SMILES string of the molecule is Cc1oc(-c2ccc(C(=O)NC3CCCC(C)C3C)cc2)nc1CSc1ccccc1. The van der Waals surface area contributed by atoms with Crippen molar-refractivity contribution in [1.29, 1.82) is 0 Å². The van der Waals surface area contributed by atoms with Crippen LogP contribution in [0.1, 0.15) is 54.9 Å². The summed E-state index contributed by atoms with van der Waals surface area (Å²) in [4.78, 5) is 18.6. The molecule has 2 aromatic carbocycles. The number of carbonyl (C=O) groups excluding carboxylic acids is 1. The standard InChI is InChI=1S/C26H30N2O2S/c1-17-8-7-11-23(18(17)2)27-25(29)20-12-14-21(15-13-20)26-28-24(19(3)30-26)16-31-22-9-5-4-6-10-22/h4-6,9-10,12-15,17-18,23H,7-8,11,16H2,1-3H3,(H,27,29). The predicted octanol–water partition coefficient (Wildman–Crippen LogP) is 6.50. The Balaban J connectivity index is 1.40. The molecule has 1 aliphatic carbocycles. The van der Waals surface area contributed by atoms with Gasteiger partial charge in [-0.05, 0) is 61.6 Å². The molecule has 1 heterocycles. The smallest absolute Gasteiger partial charge is 0.251 e. The third-order valence-electron chi connectivity index (χ3n) is 6.43. The molecule has 5 heteroatoms.